The number of fused-ring (bicyclic) bond motifs is 1. The van der Waals surface area contributed by atoms with Crippen molar-refractivity contribution in [2.45, 2.75) is 44.9 Å². The SMILES string of the molecule is CC(C)COC(=O)N[C@](CCCCNc1ccccn1)(NC(=O)c1ccc2[nH]ncc2c1)C(=O)O.O=C(O)C(F)(F)F. The van der Waals surface area contributed by atoms with Gasteiger partial charge in [0.05, 0.1) is 18.3 Å². The summed E-state index contributed by atoms with van der Waals surface area (Å²) in [6, 6.07) is 10.3. The number of rotatable bonds is 12. The standard InChI is InChI=1S/C24H30N6O5.C2HF3O2/c1-16(2)15-35-23(34)29-24(22(32)33,10-4-6-12-26-20-7-3-5-11-25-20)28-21(31)17-8-9-19-18(13-17)14-27-30-19;3-2(4,5)1(6)7/h3,5,7-9,11,13-14,16H,4,6,10,12,15H2,1-2H3,(H,25,26)(H,27,30)(H,28,31)(H,29,34)(H,32,33);(H,6,7)/t24-;/m0./s1. The summed E-state index contributed by atoms with van der Waals surface area (Å²) < 4.78 is 36.9. The van der Waals surface area contributed by atoms with Gasteiger partial charge in [0.15, 0.2) is 0 Å². The average molecular weight is 597 g/mol. The number of benzene rings is 1. The van der Waals surface area contributed by atoms with Crippen LogP contribution in [0.5, 0.6) is 0 Å². The molecule has 1 aromatic carbocycles. The Hall–Kier alpha value is -4.89. The van der Waals surface area contributed by atoms with E-state index in [0.717, 1.165) is 5.52 Å². The monoisotopic (exact) mass is 596 g/mol. The van der Waals surface area contributed by atoms with Crippen LogP contribution in [0.4, 0.5) is 23.8 Å². The number of nitrogens with zero attached hydrogens (tertiary/aromatic N) is 2. The molecule has 6 N–H and O–H groups in total. The van der Waals surface area contributed by atoms with Gasteiger partial charge in [0.2, 0.25) is 5.66 Å². The zero-order chi connectivity index (χ0) is 31.3. The number of hydrogen-bond donors (Lipinski definition) is 6. The molecule has 228 valence electrons. The topological polar surface area (TPSA) is 196 Å². The number of amides is 2. The fourth-order valence-corrected chi connectivity index (χ4v) is 3.37. The summed E-state index contributed by atoms with van der Waals surface area (Å²) in [6.45, 7) is 4.37. The molecule has 0 fully saturated rings. The number of carbonyl (C=O) groups is 4. The summed E-state index contributed by atoms with van der Waals surface area (Å²) in [5, 5.41) is 32.7. The van der Waals surface area contributed by atoms with E-state index in [0.29, 0.717) is 30.6 Å². The first kappa shape index (κ1) is 33.3. The Balaban J connectivity index is 0.000000782. The minimum atomic E-state index is -5.08. The van der Waals surface area contributed by atoms with E-state index in [1.807, 2.05) is 32.0 Å². The summed E-state index contributed by atoms with van der Waals surface area (Å²) >= 11 is 0. The highest BCUT2D eigenvalue weighted by Crippen LogP contribution is 2.18. The van der Waals surface area contributed by atoms with E-state index >= 15 is 0 Å². The first-order valence-electron chi connectivity index (χ1n) is 12.6. The van der Waals surface area contributed by atoms with Crippen LogP contribution in [0, 0.1) is 5.92 Å². The number of aromatic nitrogens is 3. The molecular weight excluding hydrogens is 565 g/mol. The van der Waals surface area contributed by atoms with Crippen molar-refractivity contribution in [1.29, 1.82) is 0 Å². The second-order valence-corrected chi connectivity index (χ2v) is 9.36. The molecule has 0 aliphatic heterocycles. The number of H-pyrrole nitrogens is 1. The Morgan fingerprint density at radius 3 is 2.33 bits per heavy atom. The molecule has 0 aliphatic carbocycles. The number of carboxylic acids is 2. The van der Waals surface area contributed by atoms with Gasteiger partial charge in [-0.05, 0) is 49.1 Å². The maximum Gasteiger partial charge on any atom is 0.490 e. The Morgan fingerprint density at radius 1 is 1.02 bits per heavy atom. The molecule has 0 aliphatic rings. The van der Waals surface area contributed by atoms with Crippen molar-refractivity contribution in [3.05, 3.63) is 54.4 Å². The molecule has 16 heteroatoms. The highest BCUT2D eigenvalue weighted by molar-refractivity contribution is 6.01. The van der Waals surface area contributed by atoms with Crippen LogP contribution in [-0.2, 0) is 14.3 Å². The largest absolute Gasteiger partial charge is 0.490 e. The highest BCUT2D eigenvalue weighted by Gasteiger charge is 2.42. The smallest absolute Gasteiger partial charge is 0.478 e. The number of carboxylic acid groups (broad SMARTS) is 2. The maximum absolute atomic E-state index is 13.0. The second kappa shape index (κ2) is 15.2. The van der Waals surface area contributed by atoms with E-state index in [4.69, 9.17) is 14.6 Å². The number of anilines is 1. The van der Waals surface area contributed by atoms with Crippen LogP contribution in [0.15, 0.2) is 48.8 Å². The van der Waals surface area contributed by atoms with Gasteiger partial charge in [0, 0.05) is 30.1 Å². The molecule has 2 amide bonds. The molecule has 0 saturated carbocycles. The fraction of sp³-hybridized carbons (Fsp3) is 0.385. The number of aliphatic carboxylic acids is 2. The van der Waals surface area contributed by atoms with Gasteiger partial charge < -0.3 is 25.6 Å². The molecule has 42 heavy (non-hydrogen) atoms. The minimum absolute atomic E-state index is 0.0529. The van der Waals surface area contributed by atoms with E-state index in [2.05, 4.69) is 31.1 Å². The van der Waals surface area contributed by atoms with E-state index in [1.165, 1.54) is 0 Å². The lowest BCUT2D eigenvalue weighted by Gasteiger charge is -2.31. The van der Waals surface area contributed by atoms with Crippen molar-refractivity contribution in [2.75, 3.05) is 18.5 Å². The van der Waals surface area contributed by atoms with Gasteiger partial charge >= 0.3 is 24.2 Å². The second-order valence-electron chi connectivity index (χ2n) is 9.36. The number of alkyl halides is 3. The number of pyridine rings is 1. The van der Waals surface area contributed by atoms with Crippen LogP contribution < -0.4 is 16.0 Å². The fourth-order valence-electron chi connectivity index (χ4n) is 3.37. The highest BCUT2D eigenvalue weighted by atomic mass is 19.4. The van der Waals surface area contributed by atoms with Crippen LogP contribution in [0.1, 0.15) is 43.5 Å². The van der Waals surface area contributed by atoms with Crippen LogP contribution >= 0.6 is 0 Å². The number of ether oxygens (including phenoxy) is 1. The van der Waals surface area contributed by atoms with Crippen molar-refractivity contribution in [3.63, 3.8) is 0 Å². The van der Waals surface area contributed by atoms with Crippen molar-refractivity contribution < 1.29 is 47.3 Å². The predicted molar refractivity (Wildman–Crippen MR) is 144 cm³/mol. The van der Waals surface area contributed by atoms with Crippen molar-refractivity contribution in [3.8, 4) is 0 Å². The number of unbranched alkanes of at least 4 members (excludes halogenated alkanes) is 1. The average Bonchev–Trinajstić information content (AvgIpc) is 3.40. The molecule has 0 bridgehead atoms. The molecule has 1 atom stereocenters. The number of halogens is 3. The van der Waals surface area contributed by atoms with Crippen LogP contribution in [0.25, 0.3) is 10.9 Å². The molecule has 2 aromatic heterocycles. The first-order valence-corrected chi connectivity index (χ1v) is 12.6. The zero-order valence-corrected chi connectivity index (χ0v) is 22.7. The summed E-state index contributed by atoms with van der Waals surface area (Å²) in [6.07, 6.45) is -1.86. The third-order valence-corrected chi connectivity index (χ3v) is 5.45. The Morgan fingerprint density at radius 2 is 1.74 bits per heavy atom. The molecular formula is C26H31F3N6O7. The number of hydrogen-bond acceptors (Lipinski definition) is 8. The van der Waals surface area contributed by atoms with Crippen molar-refractivity contribution in [1.82, 2.24) is 25.8 Å². The van der Waals surface area contributed by atoms with Gasteiger partial charge in [-0.1, -0.05) is 19.9 Å². The molecule has 3 rings (SSSR count). The third kappa shape index (κ3) is 10.6. The van der Waals surface area contributed by atoms with Gasteiger partial charge in [-0.3, -0.25) is 15.2 Å². The van der Waals surface area contributed by atoms with E-state index in [-0.39, 0.29) is 24.5 Å². The number of carbonyl (C=O) groups excluding carboxylic acids is 2. The third-order valence-electron chi connectivity index (χ3n) is 5.45. The van der Waals surface area contributed by atoms with Crippen molar-refractivity contribution in [2.24, 2.45) is 5.92 Å². The van der Waals surface area contributed by atoms with Gasteiger partial charge in [0.1, 0.15) is 5.82 Å². The molecule has 3 aromatic rings. The molecule has 0 unspecified atom stereocenters. The first-order chi connectivity index (χ1) is 19.7. The van der Waals surface area contributed by atoms with Gasteiger partial charge in [-0.25, -0.2) is 19.4 Å². The van der Waals surface area contributed by atoms with E-state index in [9.17, 15) is 32.7 Å². The molecule has 0 spiro atoms. The lowest BCUT2D eigenvalue weighted by molar-refractivity contribution is -0.192. The summed E-state index contributed by atoms with van der Waals surface area (Å²) in [5.74, 6) is -4.03. The van der Waals surface area contributed by atoms with E-state index < -0.39 is 35.8 Å². The quantitative estimate of drug-likeness (QED) is 0.132. The number of alkyl carbamates (subject to hydrolysis) is 1. The lowest BCUT2D eigenvalue weighted by atomic mass is 10.0. The predicted octanol–water partition coefficient (Wildman–Crippen LogP) is 3.77. The van der Waals surface area contributed by atoms with E-state index in [1.54, 1.807) is 30.6 Å². The Bertz CT molecular complexity index is 1350. The zero-order valence-electron chi connectivity index (χ0n) is 22.7. The van der Waals surface area contributed by atoms with Crippen LogP contribution in [-0.4, -0.2) is 74.3 Å². The van der Waals surface area contributed by atoms with Crippen LogP contribution in [0.3, 0.4) is 0 Å². The number of aromatic amines is 1. The van der Waals surface area contributed by atoms with Gasteiger partial charge in [-0.15, -0.1) is 0 Å². The van der Waals surface area contributed by atoms with Gasteiger partial charge in [-0.2, -0.15) is 18.3 Å². The Kier molecular flexibility index (Phi) is 12.1. The summed E-state index contributed by atoms with van der Waals surface area (Å²) in [5.41, 5.74) is -1.08. The maximum atomic E-state index is 13.0. The summed E-state index contributed by atoms with van der Waals surface area (Å²) in [7, 11) is 0. The van der Waals surface area contributed by atoms with Crippen LogP contribution in [0.2, 0.25) is 0 Å². The molecule has 0 saturated heterocycles. The normalized spacial score (nSPS) is 12.4. The number of nitrogens with one attached hydrogen (secondary N) is 4. The summed E-state index contributed by atoms with van der Waals surface area (Å²) in [4.78, 5) is 50.9. The Labute approximate surface area is 237 Å². The molecule has 13 nitrogen and oxygen atoms in total. The van der Waals surface area contributed by atoms with Gasteiger partial charge in [0.25, 0.3) is 5.91 Å². The minimum Gasteiger partial charge on any atom is -0.478 e. The molecule has 0 radical (unpaired) electrons. The lowest BCUT2D eigenvalue weighted by Crippen LogP contribution is -2.65. The molecule has 2 heterocycles. The van der Waals surface area contributed by atoms with Crippen molar-refractivity contribution >= 4 is 40.7 Å².